The first-order valence-corrected chi connectivity index (χ1v) is 7.62. The average Bonchev–Trinajstić information content (AvgIpc) is 2.56. The van der Waals surface area contributed by atoms with Crippen LogP contribution >= 0.6 is 24.0 Å². The van der Waals surface area contributed by atoms with E-state index in [1.54, 1.807) is 19.2 Å². The molecule has 0 atom stereocenters. The number of hydrogen-bond donors (Lipinski definition) is 3. The molecule has 25 heavy (non-hydrogen) atoms. The number of nitrogens with one attached hydrogen (secondary N) is 3. The molecule has 3 N–H and O–H groups in total. The summed E-state index contributed by atoms with van der Waals surface area (Å²) in [6.07, 6.45) is 0. The van der Waals surface area contributed by atoms with Gasteiger partial charge in [-0.2, -0.15) is 0 Å². The lowest BCUT2D eigenvalue weighted by molar-refractivity contribution is -0.115. The Morgan fingerprint density at radius 1 is 1.12 bits per heavy atom. The van der Waals surface area contributed by atoms with Crippen LogP contribution in [0, 0.1) is 12.7 Å². The van der Waals surface area contributed by atoms with Crippen LogP contribution in [0.1, 0.15) is 11.1 Å². The summed E-state index contributed by atoms with van der Waals surface area (Å²) in [4.78, 5) is 15.9. The van der Waals surface area contributed by atoms with Crippen molar-refractivity contribution < 1.29 is 9.18 Å². The molecular formula is C18H22FIN4O. The van der Waals surface area contributed by atoms with Gasteiger partial charge >= 0.3 is 0 Å². The van der Waals surface area contributed by atoms with Crippen LogP contribution in [0.5, 0.6) is 0 Å². The van der Waals surface area contributed by atoms with E-state index in [0.717, 1.165) is 5.56 Å². The summed E-state index contributed by atoms with van der Waals surface area (Å²) in [5, 5.41) is 8.67. The first-order chi connectivity index (χ1) is 11.6. The van der Waals surface area contributed by atoms with E-state index in [1.165, 1.54) is 17.7 Å². The Balaban J connectivity index is 0.00000312. The second-order valence-electron chi connectivity index (χ2n) is 5.32. The number of guanidine groups is 1. The molecule has 0 saturated carbocycles. The monoisotopic (exact) mass is 456 g/mol. The van der Waals surface area contributed by atoms with E-state index in [0.29, 0.717) is 18.2 Å². The first-order valence-electron chi connectivity index (χ1n) is 7.62. The average molecular weight is 456 g/mol. The van der Waals surface area contributed by atoms with E-state index in [1.807, 2.05) is 31.2 Å². The molecule has 0 saturated heterocycles. The van der Waals surface area contributed by atoms with Crippen LogP contribution in [-0.4, -0.2) is 25.5 Å². The molecule has 0 fully saturated rings. The van der Waals surface area contributed by atoms with E-state index in [-0.39, 0.29) is 36.4 Å². The number of benzene rings is 2. The van der Waals surface area contributed by atoms with Crippen molar-refractivity contribution in [2.75, 3.05) is 18.9 Å². The van der Waals surface area contributed by atoms with Crippen LogP contribution in [0.4, 0.5) is 10.1 Å². The lowest BCUT2D eigenvalue weighted by atomic mass is 10.1. The molecule has 0 spiro atoms. The molecule has 0 aliphatic heterocycles. The first kappa shape index (κ1) is 20.9. The smallest absolute Gasteiger partial charge is 0.243 e. The molecule has 1 amide bonds. The van der Waals surface area contributed by atoms with E-state index in [9.17, 15) is 9.18 Å². The Kier molecular flexibility index (Phi) is 8.90. The Morgan fingerprint density at radius 2 is 1.84 bits per heavy atom. The van der Waals surface area contributed by atoms with Gasteiger partial charge in [0.05, 0.1) is 6.54 Å². The van der Waals surface area contributed by atoms with Gasteiger partial charge in [0.2, 0.25) is 5.91 Å². The third kappa shape index (κ3) is 7.51. The maximum absolute atomic E-state index is 13.1. The van der Waals surface area contributed by atoms with Crippen molar-refractivity contribution >= 4 is 41.5 Å². The molecule has 2 rings (SSSR count). The molecule has 0 aromatic heterocycles. The number of nitrogens with zero attached hydrogens (tertiary/aromatic N) is 1. The third-order valence-corrected chi connectivity index (χ3v) is 3.33. The standard InChI is InChI=1S/C18H21FN4O.HI/c1-13-6-8-14(9-7-13)11-21-18(20-2)22-12-17(24)23-16-5-3-4-15(19)10-16;/h3-10H,11-12H2,1-2H3,(H,23,24)(H2,20,21,22);1H. The molecule has 0 aliphatic rings. The minimum absolute atomic E-state index is 0. The predicted octanol–water partition coefficient (Wildman–Crippen LogP) is 3.06. The maximum Gasteiger partial charge on any atom is 0.243 e. The van der Waals surface area contributed by atoms with Crippen molar-refractivity contribution in [3.63, 3.8) is 0 Å². The van der Waals surface area contributed by atoms with Crippen molar-refractivity contribution in [1.82, 2.24) is 10.6 Å². The van der Waals surface area contributed by atoms with Gasteiger partial charge < -0.3 is 16.0 Å². The zero-order valence-corrected chi connectivity index (χ0v) is 16.5. The molecule has 5 nitrogen and oxygen atoms in total. The van der Waals surface area contributed by atoms with Gasteiger partial charge in [-0.3, -0.25) is 9.79 Å². The summed E-state index contributed by atoms with van der Waals surface area (Å²) < 4.78 is 13.1. The molecule has 0 bridgehead atoms. The van der Waals surface area contributed by atoms with Gasteiger partial charge in [0.15, 0.2) is 5.96 Å². The summed E-state index contributed by atoms with van der Waals surface area (Å²) in [5.41, 5.74) is 2.74. The highest BCUT2D eigenvalue weighted by atomic mass is 127. The highest BCUT2D eigenvalue weighted by molar-refractivity contribution is 14.0. The van der Waals surface area contributed by atoms with Crippen molar-refractivity contribution in [3.05, 3.63) is 65.5 Å². The van der Waals surface area contributed by atoms with Crippen LogP contribution in [0.15, 0.2) is 53.5 Å². The maximum atomic E-state index is 13.1. The van der Waals surface area contributed by atoms with Crippen molar-refractivity contribution in [1.29, 1.82) is 0 Å². The lowest BCUT2D eigenvalue weighted by Crippen LogP contribution is -2.41. The minimum Gasteiger partial charge on any atom is -0.352 e. The summed E-state index contributed by atoms with van der Waals surface area (Å²) in [6, 6.07) is 13.9. The Hall–Kier alpha value is -2.16. The van der Waals surface area contributed by atoms with Gasteiger partial charge in [-0.15, -0.1) is 24.0 Å². The summed E-state index contributed by atoms with van der Waals surface area (Å²) in [7, 11) is 1.63. The number of carbonyl (C=O) groups is 1. The van der Waals surface area contributed by atoms with Gasteiger partial charge in [0.25, 0.3) is 0 Å². The summed E-state index contributed by atoms with van der Waals surface area (Å²) >= 11 is 0. The zero-order valence-electron chi connectivity index (χ0n) is 14.2. The number of rotatable bonds is 5. The van der Waals surface area contributed by atoms with E-state index >= 15 is 0 Å². The topological polar surface area (TPSA) is 65.5 Å². The summed E-state index contributed by atoms with van der Waals surface area (Å²) in [6.45, 7) is 2.67. The predicted molar refractivity (Wildman–Crippen MR) is 110 cm³/mol. The zero-order chi connectivity index (χ0) is 17.4. The second-order valence-corrected chi connectivity index (χ2v) is 5.32. The molecule has 0 heterocycles. The Morgan fingerprint density at radius 3 is 2.48 bits per heavy atom. The highest BCUT2D eigenvalue weighted by Crippen LogP contribution is 2.08. The number of halogens is 2. The molecule has 2 aromatic carbocycles. The van der Waals surface area contributed by atoms with E-state index in [4.69, 9.17) is 0 Å². The molecule has 7 heteroatoms. The number of anilines is 1. The second kappa shape index (κ2) is 10.7. The van der Waals surface area contributed by atoms with Crippen LogP contribution in [-0.2, 0) is 11.3 Å². The number of amides is 1. The molecule has 134 valence electrons. The van der Waals surface area contributed by atoms with Crippen molar-refractivity contribution in [2.45, 2.75) is 13.5 Å². The van der Waals surface area contributed by atoms with Crippen molar-refractivity contribution in [2.24, 2.45) is 4.99 Å². The number of aryl methyl sites for hydroxylation is 1. The minimum atomic E-state index is -0.392. The van der Waals surface area contributed by atoms with Crippen LogP contribution < -0.4 is 16.0 Å². The van der Waals surface area contributed by atoms with Gasteiger partial charge in [0, 0.05) is 19.3 Å². The molecule has 0 radical (unpaired) electrons. The third-order valence-electron chi connectivity index (χ3n) is 3.33. The Bertz CT molecular complexity index is 719. The number of aliphatic imine (C=N–C) groups is 1. The quantitative estimate of drug-likeness (QED) is 0.368. The summed E-state index contributed by atoms with van der Waals surface area (Å²) in [5.74, 6) is -0.153. The van der Waals surface area contributed by atoms with Gasteiger partial charge in [-0.25, -0.2) is 4.39 Å². The largest absolute Gasteiger partial charge is 0.352 e. The molecule has 2 aromatic rings. The van der Waals surface area contributed by atoms with Crippen molar-refractivity contribution in [3.8, 4) is 0 Å². The fourth-order valence-corrected chi connectivity index (χ4v) is 2.05. The van der Waals surface area contributed by atoms with Crippen LogP contribution in [0.2, 0.25) is 0 Å². The van der Waals surface area contributed by atoms with E-state index in [2.05, 4.69) is 20.9 Å². The Labute approximate surface area is 164 Å². The van der Waals surface area contributed by atoms with Gasteiger partial charge in [-0.1, -0.05) is 35.9 Å². The van der Waals surface area contributed by atoms with E-state index < -0.39 is 5.82 Å². The fourth-order valence-electron chi connectivity index (χ4n) is 2.05. The molecular weight excluding hydrogens is 434 g/mol. The number of carbonyl (C=O) groups excluding carboxylic acids is 1. The van der Waals surface area contributed by atoms with Gasteiger partial charge in [0.1, 0.15) is 5.82 Å². The van der Waals surface area contributed by atoms with Gasteiger partial charge in [-0.05, 0) is 30.7 Å². The number of hydrogen-bond acceptors (Lipinski definition) is 2. The van der Waals surface area contributed by atoms with Crippen LogP contribution in [0.3, 0.4) is 0 Å². The highest BCUT2D eigenvalue weighted by Gasteiger charge is 2.05. The van der Waals surface area contributed by atoms with Crippen LogP contribution in [0.25, 0.3) is 0 Å². The lowest BCUT2D eigenvalue weighted by Gasteiger charge is -2.12. The normalized spacial score (nSPS) is 10.6. The fraction of sp³-hybridized carbons (Fsp3) is 0.222. The SMILES string of the molecule is CN=C(NCC(=O)Nc1cccc(F)c1)NCc1ccc(C)cc1.I. The molecule has 0 unspecified atom stereocenters. The molecule has 0 aliphatic carbocycles.